The molecule has 0 spiro atoms. The molecule has 0 saturated heterocycles. The molecule has 1 aliphatic heterocycles. The fourth-order valence-electron chi connectivity index (χ4n) is 4.06. The van der Waals surface area contributed by atoms with E-state index in [1.807, 2.05) is 13.0 Å². The van der Waals surface area contributed by atoms with Crippen LogP contribution >= 0.6 is 0 Å². The van der Waals surface area contributed by atoms with E-state index < -0.39 is 6.86 Å². The summed E-state index contributed by atoms with van der Waals surface area (Å²) in [6.45, 7) is 1.73. The van der Waals surface area contributed by atoms with Crippen LogP contribution in [0.15, 0.2) is 18.2 Å². The SMILES string of the molecule is Cc1cc2c(cc1O)CC1c3c(cc(O)c(OCF)c3-2)CCN1C. The molecule has 0 saturated carbocycles. The van der Waals surface area contributed by atoms with Crippen LogP contribution in [0.2, 0.25) is 0 Å². The van der Waals surface area contributed by atoms with Gasteiger partial charge in [0, 0.05) is 18.2 Å². The Morgan fingerprint density at radius 1 is 1.21 bits per heavy atom. The zero-order chi connectivity index (χ0) is 17.0. The van der Waals surface area contributed by atoms with Crippen molar-refractivity contribution in [2.45, 2.75) is 25.8 Å². The standard InChI is InChI=1S/C19H20FNO3/c1-10-5-13-12(8-15(10)22)6-14-17-11(3-4-21(14)2)7-16(23)19(18(13)17)24-9-20/h5,7-8,14,22-23H,3-4,6,9H2,1-2H3. The molecule has 126 valence electrons. The zero-order valence-corrected chi connectivity index (χ0v) is 13.8. The minimum Gasteiger partial charge on any atom is -0.508 e. The molecule has 4 nitrogen and oxygen atoms in total. The number of nitrogens with zero attached hydrogens (tertiary/aromatic N) is 1. The number of hydrogen-bond acceptors (Lipinski definition) is 4. The van der Waals surface area contributed by atoms with Gasteiger partial charge in [-0.2, -0.15) is 0 Å². The first-order valence-electron chi connectivity index (χ1n) is 8.11. The number of fused-ring (bicyclic) bond motifs is 2. The largest absolute Gasteiger partial charge is 0.508 e. The first-order chi connectivity index (χ1) is 11.5. The Hall–Kier alpha value is -2.27. The van der Waals surface area contributed by atoms with Gasteiger partial charge in [-0.25, -0.2) is 4.39 Å². The molecule has 2 aliphatic rings. The van der Waals surface area contributed by atoms with Crippen LogP contribution in [-0.4, -0.2) is 35.6 Å². The summed E-state index contributed by atoms with van der Waals surface area (Å²) < 4.78 is 18.1. The summed E-state index contributed by atoms with van der Waals surface area (Å²) in [5, 5.41) is 20.5. The molecule has 4 rings (SSSR count). The van der Waals surface area contributed by atoms with Crippen molar-refractivity contribution in [1.29, 1.82) is 0 Å². The van der Waals surface area contributed by atoms with Gasteiger partial charge in [0.1, 0.15) is 5.75 Å². The van der Waals surface area contributed by atoms with Gasteiger partial charge < -0.3 is 14.9 Å². The summed E-state index contributed by atoms with van der Waals surface area (Å²) in [4.78, 5) is 2.27. The maximum absolute atomic E-state index is 12.9. The van der Waals surface area contributed by atoms with Gasteiger partial charge in [0.2, 0.25) is 6.86 Å². The fraction of sp³-hybridized carbons (Fsp3) is 0.368. The molecule has 5 heteroatoms. The number of aromatic hydroxyl groups is 2. The molecule has 0 amide bonds. The predicted molar refractivity (Wildman–Crippen MR) is 89.3 cm³/mol. The first kappa shape index (κ1) is 15.3. The van der Waals surface area contributed by atoms with Gasteiger partial charge in [0.05, 0.1) is 0 Å². The summed E-state index contributed by atoms with van der Waals surface area (Å²) in [7, 11) is 2.07. The number of alkyl halides is 1. The highest BCUT2D eigenvalue weighted by atomic mass is 19.1. The highest BCUT2D eigenvalue weighted by Gasteiger charge is 2.36. The lowest BCUT2D eigenvalue weighted by molar-refractivity contribution is 0.183. The monoisotopic (exact) mass is 329 g/mol. The lowest BCUT2D eigenvalue weighted by Gasteiger charge is -2.40. The van der Waals surface area contributed by atoms with Crippen LogP contribution in [0, 0.1) is 6.92 Å². The maximum Gasteiger partial charge on any atom is 0.228 e. The number of phenols is 2. The van der Waals surface area contributed by atoms with Gasteiger partial charge in [0.25, 0.3) is 0 Å². The molecule has 1 atom stereocenters. The minimum atomic E-state index is -0.994. The van der Waals surface area contributed by atoms with Crippen LogP contribution in [0.3, 0.4) is 0 Å². The van der Waals surface area contributed by atoms with Crippen LogP contribution in [0.5, 0.6) is 17.2 Å². The molecule has 2 N–H and O–H groups in total. The van der Waals surface area contributed by atoms with Gasteiger partial charge >= 0.3 is 0 Å². The van der Waals surface area contributed by atoms with Gasteiger partial charge in [-0.05, 0) is 72.8 Å². The molecule has 1 aliphatic carbocycles. The molecular formula is C19H20FNO3. The van der Waals surface area contributed by atoms with Gasteiger partial charge in [-0.15, -0.1) is 0 Å². The lowest BCUT2D eigenvalue weighted by atomic mass is 9.76. The maximum atomic E-state index is 12.9. The molecule has 0 bridgehead atoms. The molecule has 24 heavy (non-hydrogen) atoms. The summed E-state index contributed by atoms with van der Waals surface area (Å²) in [6, 6.07) is 5.53. The van der Waals surface area contributed by atoms with Crippen molar-refractivity contribution in [3.63, 3.8) is 0 Å². The second kappa shape index (κ2) is 5.38. The number of ether oxygens (including phenoxy) is 1. The third-order valence-electron chi connectivity index (χ3n) is 5.29. The van der Waals surface area contributed by atoms with Gasteiger partial charge in [-0.1, -0.05) is 0 Å². The van der Waals surface area contributed by atoms with Crippen molar-refractivity contribution in [3.8, 4) is 28.4 Å². The van der Waals surface area contributed by atoms with Crippen molar-refractivity contribution in [2.75, 3.05) is 20.5 Å². The summed E-state index contributed by atoms with van der Waals surface area (Å²) in [5.41, 5.74) is 5.62. The van der Waals surface area contributed by atoms with Crippen LogP contribution in [0.25, 0.3) is 11.1 Å². The molecule has 2 aromatic rings. The Kier molecular flexibility index (Phi) is 3.42. The Bertz CT molecular complexity index is 834. The van der Waals surface area contributed by atoms with Crippen molar-refractivity contribution >= 4 is 0 Å². The van der Waals surface area contributed by atoms with E-state index in [9.17, 15) is 14.6 Å². The molecule has 0 radical (unpaired) electrons. The van der Waals surface area contributed by atoms with E-state index in [-0.39, 0.29) is 23.3 Å². The predicted octanol–water partition coefficient (Wildman–Crippen LogP) is 3.46. The highest BCUT2D eigenvalue weighted by Crippen LogP contribution is 2.52. The number of halogens is 1. The average Bonchev–Trinajstić information content (AvgIpc) is 2.55. The minimum absolute atomic E-state index is 0.0247. The van der Waals surface area contributed by atoms with Gasteiger partial charge in [0.15, 0.2) is 11.5 Å². The van der Waals surface area contributed by atoms with Crippen LogP contribution < -0.4 is 4.74 Å². The van der Waals surface area contributed by atoms with Crippen molar-refractivity contribution in [1.82, 2.24) is 4.90 Å². The van der Waals surface area contributed by atoms with Crippen LogP contribution in [-0.2, 0) is 12.8 Å². The lowest BCUT2D eigenvalue weighted by Crippen LogP contribution is -2.35. The summed E-state index contributed by atoms with van der Waals surface area (Å²) in [6.07, 6.45) is 1.62. The second-order valence-electron chi connectivity index (χ2n) is 6.67. The number of phenolic OH excluding ortho intramolecular Hbond substituents is 2. The van der Waals surface area contributed by atoms with Crippen molar-refractivity contribution in [3.05, 3.63) is 40.5 Å². The van der Waals surface area contributed by atoms with Gasteiger partial charge in [-0.3, -0.25) is 4.90 Å². The first-order valence-corrected chi connectivity index (χ1v) is 8.11. The number of benzene rings is 2. The fourth-order valence-corrected chi connectivity index (χ4v) is 4.06. The molecule has 0 fully saturated rings. The number of likely N-dealkylation sites (N-methyl/N-ethyl adjacent to an activating group) is 1. The van der Waals surface area contributed by atoms with E-state index in [0.717, 1.165) is 52.8 Å². The topological polar surface area (TPSA) is 52.9 Å². The Balaban J connectivity index is 2.07. The van der Waals surface area contributed by atoms with Crippen LogP contribution in [0.1, 0.15) is 28.3 Å². The number of hydrogen-bond donors (Lipinski definition) is 2. The second-order valence-corrected chi connectivity index (χ2v) is 6.67. The molecule has 1 heterocycles. The molecule has 1 unspecified atom stereocenters. The third-order valence-corrected chi connectivity index (χ3v) is 5.29. The van der Waals surface area contributed by atoms with E-state index in [1.54, 1.807) is 12.1 Å². The zero-order valence-electron chi connectivity index (χ0n) is 13.8. The number of rotatable bonds is 2. The Morgan fingerprint density at radius 2 is 1.96 bits per heavy atom. The van der Waals surface area contributed by atoms with E-state index in [0.29, 0.717) is 0 Å². The molecule has 2 aromatic carbocycles. The number of aryl methyl sites for hydroxylation is 1. The molecular weight excluding hydrogens is 309 g/mol. The Morgan fingerprint density at radius 3 is 2.71 bits per heavy atom. The van der Waals surface area contributed by atoms with E-state index in [1.165, 1.54) is 0 Å². The van der Waals surface area contributed by atoms with Crippen molar-refractivity contribution in [2.24, 2.45) is 0 Å². The van der Waals surface area contributed by atoms with Crippen LogP contribution in [0.4, 0.5) is 4.39 Å². The normalized spacial score (nSPS) is 18.9. The third kappa shape index (κ3) is 2.08. The van der Waals surface area contributed by atoms with E-state index in [2.05, 4.69) is 11.9 Å². The van der Waals surface area contributed by atoms with E-state index in [4.69, 9.17) is 4.74 Å². The molecule has 0 aromatic heterocycles. The van der Waals surface area contributed by atoms with Crippen molar-refractivity contribution < 1.29 is 19.3 Å². The smallest absolute Gasteiger partial charge is 0.228 e. The summed E-state index contributed by atoms with van der Waals surface area (Å²) in [5.74, 6) is 0.426. The highest BCUT2D eigenvalue weighted by molar-refractivity contribution is 5.84. The Labute approximate surface area is 140 Å². The quantitative estimate of drug-likeness (QED) is 0.886. The van der Waals surface area contributed by atoms with E-state index >= 15 is 0 Å². The summed E-state index contributed by atoms with van der Waals surface area (Å²) >= 11 is 0. The average molecular weight is 329 g/mol.